The largest absolute Gasteiger partial charge is 0.472 e. The van der Waals surface area contributed by atoms with Crippen LogP contribution in [0.5, 0.6) is 0 Å². The fourth-order valence-corrected chi connectivity index (χ4v) is 5.81. The number of hydrogen-bond acceptors (Lipinski definition) is 8. The predicted octanol–water partition coefficient (Wildman–Crippen LogP) is 10.4. The third kappa shape index (κ3) is 37.7. The van der Waals surface area contributed by atoms with E-state index in [1.807, 2.05) is 12.2 Å². The third-order valence-electron chi connectivity index (χ3n) is 8.00. The maximum atomic E-state index is 12.5. The second kappa shape index (κ2) is 37.9. The van der Waals surface area contributed by atoms with Crippen LogP contribution in [0.1, 0.15) is 149 Å². The van der Waals surface area contributed by atoms with E-state index in [1.165, 1.54) is 77.0 Å². The van der Waals surface area contributed by atoms with Crippen LogP contribution in [-0.2, 0) is 27.9 Å². The van der Waals surface area contributed by atoms with Crippen molar-refractivity contribution in [1.29, 1.82) is 0 Å². The lowest BCUT2D eigenvalue weighted by atomic mass is 10.0. The summed E-state index contributed by atoms with van der Waals surface area (Å²) >= 11 is 0. The van der Waals surface area contributed by atoms with Crippen LogP contribution >= 0.6 is 7.82 Å². The summed E-state index contributed by atoms with van der Waals surface area (Å²) in [7, 11) is -4.54. The van der Waals surface area contributed by atoms with E-state index in [2.05, 4.69) is 56.4 Å². The van der Waals surface area contributed by atoms with Crippen LogP contribution in [0, 0.1) is 0 Å². The molecule has 0 rings (SSSR count). The maximum Gasteiger partial charge on any atom is 0.472 e. The fourth-order valence-electron chi connectivity index (χ4n) is 5.02. The minimum Gasteiger partial charge on any atom is -0.457 e. The lowest BCUT2D eigenvalue weighted by molar-refractivity contribution is -0.153. The van der Waals surface area contributed by atoms with E-state index in [9.17, 15) is 19.4 Å². The van der Waals surface area contributed by atoms with Crippen molar-refractivity contribution in [2.45, 2.75) is 161 Å². The van der Waals surface area contributed by atoms with Gasteiger partial charge in [0.05, 0.1) is 32.8 Å². The molecule has 3 unspecified atom stereocenters. The zero-order chi connectivity index (χ0) is 37.5. The Balaban J connectivity index is 4.35. The number of aliphatic hydroxyl groups excluding tert-OH is 2. The standard InChI is InChI=1S/C41H73O9P/c1-3-5-7-9-11-13-15-17-19-21-23-25-27-29-31-33-41(44)50-40(38-49-51(45,46)48-36-39(43)35-42)37-47-34-32-30-28-26-24-22-20-18-16-14-12-10-8-6-4-2/h5,7,11,13,17,19,23,25,29,31,39-40,42-43H,3-4,6,8-10,12,14-16,18,20-22,24,26-28,30,32-38H2,1-2H3,(H,45,46)/b7-5-,13-11-,19-17-,25-23-,31-29-. The Hall–Kier alpha value is -1.84. The molecule has 0 bridgehead atoms. The summed E-state index contributed by atoms with van der Waals surface area (Å²) in [5.41, 5.74) is 0. The van der Waals surface area contributed by atoms with E-state index in [-0.39, 0.29) is 13.0 Å². The van der Waals surface area contributed by atoms with Gasteiger partial charge in [-0.2, -0.15) is 0 Å². The predicted molar refractivity (Wildman–Crippen MR) is 210 cm³/mol. The maximum absolute atomic E-state index is 12.5. The third-order valence-corrected chi connectivity index (χ3v) is 8.95. The molecule has 0 aromatic rings. The van der Waals surface area contributed by atoms with Gasteiger partial charge in [0.15, 0.2) is 0 Å². The minimum atomic E-state index is -4.54. The summed E-state index contributed by atoms with van der Waals surface area (Å²) < 4.78 is 33.1. The Morgan fingerprint density at radius 2 is 1.04 bits per heavy atom. The highest BCUT2D eigenvalue weighted by molar-refractivity contribution is 7.47. The Bertz CT molecular complexity index is 976. The number of hydrogen-bond donors (Lipinski definition) is 3. The SMILES string of the molecule is CC/C=C\C/C=C\C/C=C\C/C=C\C/C=C\CC(=O)OC(COCCCCCCCCCCCCCCCCC)COP(=O)(O)OCC(O)CO. The van der Waals surface area contributed by atoms with E-state index in [1.54, 1.807) is 6.08 Å². The summed E-state index contributed by atoms with van der Waals surface area (Å²) in [6, 6.07) is 0. The van der Waals surface area contributed by atoms with Gasteiger partial charge in [0.1, 0.15) is 12.2 Å². The molecule has 0 fully saturated rings. The Morgan fingerprint density at radius 1 is 0.608 bits per heavy atom. The van der Waals surface area contributed by atoms with Crippen molar-refractivity contribution in [3.05, 3.63) is 60.8 Å². The molecule has 9 nitrogen and oxygen atoms in total. The van der Waals surface area contributed by atoms with Crippen molar-refractivity contribution in [2.24, 2.45) is 0 Å². The minimum absolute atomic E-state index is 0.00920. The van der Waals surface area contributed by atoms with Gasteiger partial charge in [-0.3, -0.25) is 13.8 Å². The molecule has 0 aliphatic rings. The van der Waals surface area contributed by atoms with E-state index >= 15 is 0 Å². The zero-order valence-corrected chi connectivity index (χ0v) is 32.9. The molecule has 3 N–H and O–H groups in total. The molecule has 0 aromatic heterocycles. The summed E-state index contributed by atoms with van der Waals surface area (Å²) in [6.07, 6.45) is 42.1. The quantitative estimate of drug-likeness (QED) is 0.0246. The number of esters is 1. The number of phosphoric acid groups is 1. The summed E-state index contributed by atoms with van der Waals surface area (Å²) in [6.45, 7) is 3.26. The number of carbonyl (C=O) groups excluding carboxylic acids is 1. The van der Waals surface area contributed by atoms with Crippen molar-refractivity contribution in [1.82, 2.24) is 0 Å². The second-order valence-electron chi connectivity index (χ2n) is 12.9. The van der Waals surface area contributed by atoms with Crippen LogP contribution in [0.25, 0.3) is 0 Å². The summed E-state index contributed by atoms with van der Waals surface area (Å²) in [5, 5.41) is 18.3. The van der Waals surface area contributed by atoms with Crippen LogP contribution in [-0.4, -0.2) is 66.3 Å². The zero-order valence-electron chi connectivity index (χ0n) is 32.1. The Labute approximate surface area is 310 Å². The van der Waals surface area contributed by atoms with E-state index < -0.39 is 45.8 Å². The van der Waals surface area contributed by atoms with Gasteiger partial charge in [-0.05, 0) is 38.5 Å². The number of aliphatic hydroxyl groups is 2. The Morgan fingerprint density at radius 3 is 1.51 bits per heavy atom. The molecule has 0 heterocycles. The molecule has 0 amide bonds. The highest BCUT2D eigenvalue weighted by Gasteiger charge is 2.26. The first kappa shape index (κ1) is 49.2. The van der Waals surface area contributed by atoms with E-state index in [4.69, 9.17) is 23.6 Å². The van der Waals surface area contributed by atoms with Crippen molar-refractivity contribution in [3.8, 4) is 0 Å². The summed E-state index contributed by atoms with van der Waals surface area (Å²) in [4.78, 5) is 22.4. The molecule has 0 saturated carbocycles. The van der Waals surface area contributed by atoms with Crippen LogP contribution in [0.15, 0.2) is 60.8 Å². The molecule has 0 aromatic carbocycles. The van der Waals surface area contributed by atoms with E-state index in [0.29, 0.717) is 13.0 Å². The van der Waals surface area contributed by atoms with Crippen molar-refractivity contribution in [3.63, 3.8) is 0 Å². The smallest absolute Gasteiger partial charge is 0.457 e. The first-order valence-electron chi connectivity index (χ1n) is 19.8. The second-order valence-corrected chi connectivity index (χ2v) is 14.4. The van der Waals surface area contributed by atoms with Gasteiger partial charge in [0.2, 0.25) is 0 Å². The van der Waals surface area contributed by atoms with E-state index in [0.717, 1.165) is 44.9 Å². The average molecular weight is 741 g/mol. The lowest BCUT2D eigenvalue weighted by Crippen LogP contribution is -2.28. The van der Waals surface area contributed by atoms with Gasteiger partial charge in [-0.1, -0.05) is 164 Å². The molecule has 10 heteroatoms. The van der Waals surface area contributed by atoms with Gasteiger partial charge in [-0.25, -0.2) is 4.57 Å². The first-order valence-corrected chi connectivity index (χ1v) is 21.3. The first-order chi connectivity index (χ1) is 24.8. The van der Waals surface area contributed by atoms with Gasteiger partial charge < -0.3 is 24.6 Å². The van der Waals surface area contributed by atoms with Crippen LogP contribution in [0.3, 0.4) is 0 Å². The Kier molecular flexibility index (Phi) is 36.5. The van der Waals surface area contributed by atoms with Crippen molar-refractivity contribution in [2.75, 3.05) is 33.0 Å². The number of unbranched alkanes of at least 4 members (excludes halogenated alkanes) is 14. The molecule has 0 aliphatic heterocycles. The molecule has 0 aliphatic carbocycles. The summed E-state index contributed by atoms with van der Waals surface area (Å²) in [5.74, 6) is -0.509. The molecular weight excluding hydrogens is 667 g/mol. The lowest BCUT2D eigenvalue weighted by Gasteiger charge is -2.20. The fraction of sp³-hybridized carbons (Fsp3) is 0.732. The molecular formula is C41H73O9P. The molecule has 296 valence electrons. The number of phosphoric ester groups is 1. The van der Waals surface area contributed by atoms with Crippen molar-refractivity contribution >= 4 is 13.8 Å². The highest BCUT2D eigenvalue weighted by atomic mass is 31.2. The normalized spacial score (nSPS) is 14.8. The number of allylic oxidation sites excluding steroid dienone is 9. The molecule has 0 radical (unpaired) electrons. The topological polar surface area (TPSA) is 132 Å². The number of carbonyl (C=O) groups is 1. The molecule has 51 heavy (non-hydrogen) atoms. The number of ether oxygens (including phenoxy) is 2. The van der Waals surface area contributed by atoms with Crippen LogP contribution < -0.4 is 0 Å². The van der Waals surface area contributed by atoms with Gasteiger partial charge in [0, 0.05) is 6.61 Å². The van der Waals surface area contributed by atoms with Gasteiger partial charge in [0.25, 0.3) is 0 Å². The van der Waals surface area contributed by atoms with Crippen LogP contribution in [0.2, 0.25) is 0 Å². The van der Waals surface area contributed by atoms with Crippen LogP contribution in [0.4, 0.5) is 0 Å². The van der Waals surface area contributed by atoms with Crippen molar-refractivity contribution < 1.29 is 43.0 Å². The van der Waals surface area contributed by atoms with Gasteiger partial charge >= 0.3 is 13.8 Å². The number of rotatable bonds is 37. The van der Waals surface area contributed by atoms with Gasteiger partial charge in [-0.15, -0.1) is 0 Å². The highest BCUT2D eigenvalue weighted by Crippen LogP contribution is 2.43. The monoisotopic (exact) mass is 740 g/mol. The molecule has 0 saturated heterocycles. The molecule has 3 atom stereocenters. The average Bonchev–Trinajstić information content (AvgIpc) is 3.12. The molecule has 0 spiro atoms.